The number of hydrogen-bond acceptors (Lipinski definition) is 6. The highest BCUT2D eigenvalue weighted by Gasteiger charge is 2.39. The fraction of sp³-hybridized carbons (Fsp3) is 0.438. The fourth-order valence-electron chi connectivity index (χ4n) is 2.20. The Balaban J connectivity index is 2.25. The van der Waals surface area contributed by atoms with Gasteiger partial charge in [-0.15, -0.1) is 0 Å². The zero-order valence-corrected chi connectivity index (χ0v) is 13.0. The Morgan fingerprint density at radius 1 is 1.18 bits per heavy atom. The van der Waals surface area contributed by atoms with E-state index in [-0.39, 0.29) is 25.5 Å². The third-order valence-electron chi connectivity index (χ3n) is 3.30. The molecule has 1 aliphatic rings. The van der Waals surface area contributed by atoms with Crippen LogP contribution in [0, 0.1) is 12.8 Å². The molecule has 0 spiro atoms. The second-order valence-corrected chi connectivity index (χ2v) is 4.93. The Labute approximate surface area is 129 Å². The molecule has 118 valence electrons. The van der Waals surface area contributed by atoms with Crippen LogP contribution >= 0.6 is 0 Å². The molecular formula is C16H20N2O4. The second kappa shape index (κ2) is 7.06. The van der Waals surface area contributed by atoms with Crippen molar-refractivity contribution in [1.82, 2.24) is 0 Å². The monoisotopic (exact) mass is 304 g/mol. The van der Waals surface area contributed by atoms with Crippen LogP contribution < -0.4 is 5.01 Å². The molecule has 0 radical (unpaired) electrons. The highest BCUT2D eigenvalue weighted by molar-refractivity contribution is 6.41. The molecule has 6 nitrogen and oxygen atoms in total. The summed E-state index contributed by atoms with van der Waals surface area (Å²) in [4.78, 5) is 24.1. The molecule has 0 aliphatic carbocycles. The van der Waals surface area contributed by atoms with Gasteiger partial charge in [0.2, 0.25) is 0 Å². The highest BCUT2D eigenvalue weighted by atomic mass is 16.5. The lowest BCUT2D eigenvalue weighted by atomic mass is 10.0. The largest absolute Gasteiger partial charge is 0.465 e. The molecule has 1 aromatic carbocycles. The van der Waals surface area contributed by atoms with E-state index < -0.39 is 17.9 Å². The van der Waals surface area contributed by atoms with Gasteiger partial charge in [0.1, 0.15) is 5.92 Å². The minimum absolute atomic E-state index is 0.0980. The molecule has 0 saturated carbocycles. The highest BCUT2D eigenvalue weighted by Crippen LogP contribution is 2.24. The van der Waals surface area contributed by atoms with Crippen LogP contribution in [0.15, 0.2) is 29.4 Å². The molecule has 6 heteroatoms. The number of carbonyl (C=O) groups excluding carboxylic acids is 2. The van der Waals surface area contributed by atoms with Crippen molar-refractivity contribution >= 4 is 23.3 Å². The van der Waals surface area contributed by atoms with Gasteiger partial charge in [-0.2, -0.15) is 5.10 Å². The summed E-state index contributed by atoms with van der Waals surface area (Å²) in [6, 6.07) is 7.70. The molecular weight excluding hydrogens is 284 g/mol. The predicted molar refractivity (Wildman–Crippen MR) is 82.7 cm³/mol. The number of ether oxygens (including phenoxy) is 2. The molecule has 1 heterocycles. The van der Waals surface area contributed by atoms with Crippen molar-refractivity contribution in [2.24, 2.45) is 11.0 Å². The molecule has 0 amide bonds. The summed E-state index contributed by atoms with van der Waals surface area (Å²) in [5, 5.41) is 5.90. The van der Waals surface area contributed by atoms with Crippen LogP contribution in [-0.4, -0.2) is 37.4 Å². The number of anilines is 1. The number of rotatable bonds is 5. The molecule has 0 unspecified atom stereocenters. The summed E-state index contributed by atoms with van der Waals surface area (Å²) >= 11 is 0. The zero-order valence-electron chi connectivity index (χ0n) is 13.0. The average molecular weight is 304 g/mol. The second-order valence-electron chi connectivity index (χ2n) is 4.93. The number of hydrazone groups is 1. The number of esters is 2. The Morgan fingerprint density at radius 2 is 1.82 bits per heavy atom. The lowest BCUT2D eigenvalue weighted by molar-refractivity contribution is -0.146. The summed E-state index contributed by atoms with van der Waals surface area (Å²) in [6.07, 6.45) is 0. The first-order chi connectivity index (χ1) is 10.6. The van der Waals surface area contributed by atoms with Gasteiger partial charge in [-0.1, -0.05) is 17.7 Å². The van der Waals surface area contributed by atoms with Crippen LogP contribution in [0.1, 0.15) is 19.4 Å². The topological polar surface area (TPSA) is 68.2 Å². The summed E-state index contributed by atoms with van der Waals surface area (Å²) in [7, 11) is 0. The summed E-state index contributed by atoms with van der Waals surface area (Å²) in [5.74, 6) is -1.75. The van der Waals surface area contributed by atoms with Crippen molar-refractivity contribution in [3.05, 3.63) is 29.8 Å². The molecule has 22 heavy (non-hydrogen) atoms. The van der Waals surface area contributed by atoms with E-state index in [1.807, 2.05) is 31.2 Å². The Morgan fingerprint density at radius 3 is 2.41 bits per heavy atom. The first-order valence-electron chi connectivity index (χ1n) is 7.33. The van der Waals surface area contributed by atoms with E-state index in [9.17, 15) is 9.59 Å². The van der Waals surface area contributed by atoms with Crippen molar-refractivity contribution in [2.75, 3.05) is 24.8 Å². The number of hydrogen-bond donors (Lipinski definition) is 0. The fourth-order valence-corrected chi connectivity index (χ4v) is 2.20. The molecule has 0 fully saturated rings. The Hall–Kier alpha value is -2.37. The van der Waals surface area contributed by atoms with Crippen molar-refractivity contribution < 1.29 is 19.1 Å². The lowest BCUT2D eigenvalue weighted by Crippen LogP contribution is -2.33. The Bertz CT molecular complexity index is 580. The minimum Gasteiger partial charge on any atom is -0.465 e. The van der Waals surface area contributed by atoms with Gasteiger partial charge in [-0.25, -0.2) is 4.79 Å². The van der Waals surface area contributed by atoms with E-state index in [0.29, 0.717) is 0 Å². The summed E-state index contributed by atoms with van der Waals surface area (Å²) in [5.41, 5.74) is 2.04. The van der Waals surface area contributed by atoms with Gasteiger partial charge in [-0.3, -0.25) is 9.80 Å². The summed E-state index contributed by atoms with van der Waals surface area (Å²) in [6.45, 7) is 6.20. The van der Waals surface area contributed by atoms with E-state index >= 15 is 0 Å². The van der Waals surface area contributed by atoms with Gasteiger partial charge in [0.05, 0.1) is 25.4 Å². The van der Waals surface area contributed by atoms with Crippen LogP contribution in [0.3, 0.4) is 0 Å². The smallest absolute Gasteiger partial charge is 0.355 e. The van der Waals surface area contributed by atoms with Gasteiger partial charge in [0.25, 0.3) is 0 Å². The first-order valence-corrected chi connectivity index (χ1v) is 7.33. The molecule has 0 bridgehead atoms. The van der Waals surface area contributed by atoms with E-state index in [1.165, 1.54) is 0 Å². The third kappa shape index (κ3) is 3.44. The van der Waals surface area contributed by atoms with Crippen LogP contribution in [0.2, 0.25) is 0 Å². The predicted octanol–water partition coefficient (Wildman–Crippen LogP) is 1.91. The van der Waals surface area contributed by atoms with Crippen molar-refractivity contribution in [3.8, 4) is 0 Å². The van der Waals surface area contributed by atoms with E-state index in [0.717, 1.165) is 11.3 Å². The third-order valence-corrected chi connectivity index (χ3v) is 3.30. The van der Waals surface area contributed by atoms with Crippen LogP contribution in [0.4, 0.5) is 5.69 Å². The molecule has 0 N–H and O–H groups in total. The maximum atomic E-state index is 12.1. The van der Waals surface area contributed by atoms with Gasteiger partial charge >= 0.3 is 11.9 Å². The number of benzene rings is 1. The Kier molecular flexibility index (Phi) is 5.14. The van der Waals surface area contributed by atoms with Gasteiger partial charge in [0, 0.05) is 0 Å². The maximum Gasteiger partial charge on any atom is 0.355 e. The molecule has 1 atom stereocenters. The molecule has 2 rings (SSSR count). The average Bonchev–Trinajstić information content (AvgIpc) is 2.94. The van der Waals surface area contributed by atoms with Crippen LogP contribution in [-0.2, 0) is 19.1 Å². The van der Waals surface area contributed by atoms with Gasteiger partial charge < -0.3 is 9.47 Å². The van der Waals surface area contributed by atoms with Gasteiger partial charge in [-0.05, 0) is 32.9 Å². The number of nitrogens with zero attached hydrogens (tertiary/aromatic N) is 2. The van der Waals surface area contributed by atoms with E-state index in [4.69, 9.17) is 9.47 Å². The molecule has 0 saturated heterocycles. The number of aryl methyl sites for hydroxylation is 1. The molecule has 1 aliphatic heterocycles. The van der Waals surface area contributed by atoms with E-state index in [2.05, 4.69) is 5.10 Å². The first kappa shape index (κ1) is 16.0. The van der Waals surface area contributed by atoms with Gasteiger partial charge in [0.15, 0.2) is 5.71 Å². The van der Waals surface area contributed by atoms with E-state index in [1.54, 1.807) is 18.9 Å². The zero-order chi connectivity index (χ0) is 16.1. The van der Waals surface area contributed by atoms with Crippen molar-refractivity contribution in [3.63, 3.8) is 0 Å². The SMILES string of the molecule is CCOC(=O)C1=NN(c2ccc(C)cc2)C[C@H]1C(=O)OCC. The minimum atomic E-state index is -0.722. The molecule has 1 aromatic rings. The quantitative estimate of drug-likeness (QED) is 0.777. The summed E-state index contributed by atoms with van der Waals surface area (Å²) < 4.78 is 10.0. The maximum absolute atomic E-state index is 12.1. The van der Waals surface area contributed by atoms with Crippen molar-refractivity contribution in [1.29, 1.82) is 0 Å². The standard InChI is InChI=1S/C16H20N2O4/c1-4-21-15(19)13-10-18(12-8-6-11(3)7-9-12)17-14(13)16(20)22-5-2/h6-9,13H,4-5,10H2,1-3H3/t13-/m1/s1. The molecule has 0 aromatic heterocycles. The van der Waals surface area contributed by atoms with Crippen molar-refractivity contribution in [2.45, 2.75) is 20.8 Å². The van der Waals surface area contributed by atoms with Crippen LogP contribution in [0.5, 0.6) is 0 Å². The lowest BCUT2D eigenvalue weighted by Gasteiger charge is -2.15. The van der Waals surface area contributed by atoms with Crippen LogP contribution in [0.25, 0.3) is 0 Å². The normalized spacial score (nSPS) is 17.1. The number of carbonyl (C=O) groups is 2.